The van der Waals surface area contributed by atoms with Gasteiger partial charge in [0.15, 0.2) is 0 Å². The molecule has 0 aromatic heterocycles. The molecule has 4 nitrogen and oxygen atoms in total. The lowest BCUT2D eigenvalue weighted by Crippen LogP contribution is -2.50. The maximum Gasteiger partial charge on any atom is 0.242 e. The van der Waals surface area contributed by atoms with Gasteiger partial charge in [0.05, 0.1) is 6.42 Å². The number of hydrogen-bond acceptors (Lipinski definition) is 2. The summed E-state index contributed by atoms with van der Waals surface area (Å²) in [5.41, 5.74) is 4.26. The minimum atomic E-state index is -0.521. The molecule has 160 valence electrons. The molecule has 0 heterocycles. The van der Waals surface area contributed by atoms with Crippen LogP contribution in [-0.2, 0) is 22.6 Å². The zero-order valence-electron chi connectivity index (χ0n) is 18.1. The van der Waals surface area contributed by atoms with Crippen LogP contribution in [0.3, 0.4) is 0 Å². The van der Waals surface area contributed by atoms with Gasteiger partial charge in [-0.1, -0.05) is 64.7 Å². The van der Waals surface area contributed by atoms with Crippen molar-refractivity contribution < 1.29 is 9.59 Å². The second-order valence-corrected chi connectivity index (χ2v) is 9.34. The van der Waals surface area contributed by atoms with Gasteiger partial charge in [-0.25, -0.2) is 0 Å². The van der Waals surface area contributed by atoms with Gasteiger partial charge in [-0.3, -0.25) is 9.59 Å². The van der Waals surface area contributed by atoms with Crippen LogP contribution in [0.25, 0.3) is 0 Å². The van der Waals surface area contributed by atoms with Gasteiger partial charge >= 0.3 is 0 Å². The van der Waals surface area contributed by atoms with E-state index in [-0.39, 0.29) is 17.9 Å². The Morgan fingerprint density at radius 2 is 1.77 bits per heavy atom. The number of hydrogen-bond donors (Lipinski definition) is 1. The van der Waals surface area contributed by atoms with E-state index in [0.29, 0.717) is 13.0 Å². The molecular weight excluding hydrogens is 440 g/mol. The van der Waals surface area contributed by atoms with Gasteiger partial charge in [-0.15, -0.1) is 0 Å². The molecule has 2 amide bonds. The standard InChI is InChI=1S/C25H31BrN2O2/c1-17-8-9-18(2)21(14-17)15-24(29)28(16-20-10-12-22(26)13-11-20)19(3)25(30)27-23-6-4-5-7-23/h8-14,19,23H,4-7,15-16H2,1-3H3,(H,27,30)/t19-/m0/s1. The van der Waals surface area contributed by atoms with Crippen LogP contribution in [0.15, 0.2) is 46.9 Å². The third-order valence-electron chi connectivity index (χ3n) is 5.98. The number of carbonyl (C=O) groups is 2. The van der Waals surface area contributed by atoms with Crippen molar-refractivity contribution >= 4 is 27.7 Å². The largest absolute Gasteiger partial charge is 0.352 e. The van der Waals surface area contributed by atoms with E-state index in [9.17, 15) is 9.59 Å². The molecule has 0 spiro atoms. The molecule has 30 heavy (non-hydrogen) atoms. The van der Waals surface area contributed by atoms with Crippen molar-refractivity contribution in [1.29, 1.82) is 0 Å². The van der Waals surface area contributed by atoms with Gasteiger partial charge in [0.1, 0.15) is 6.04 Å². The maximum atomic E-state index is 13.4. The first-order valence-corrected chi connectivity index (χ1v) is 11.5. The highest BCUT2D eigenvalue weighted by Gasteiger charge is 2.28. The molecular formula is C25H31BrN2O2. The highest BCUT2D eigenvalue weighted by molar-refractivity contribution is 9.10. The van der Waals surface area contributed by atoms with Crippen LogP contribution >= 0.6 is 15.9 Å². The average Bonchev–Trinajstić information content (AvgIpc) is 3.22. The summed E-state index contributed by atoms with van der Waals surface area (Å²) in [5.74, 6) is -0.0889. The smallest absolute Gasteiger partial charge is 0.242 e. The third kappa shape index (κ3) is 5.94. The molecule has 0 bridgehead atoms. The van der Waals surface area contributed by atoms with E-state index in [1.165, 1.54) is 0 Å². The number of aryl methyl sites for hydroxylation is 2. The summed E-state index contributed by atoms with van der Waals surface area (Å²) in [6.45, 7) is 6.31. The molecule has 1 fully saturated rings. The molecule has 0 radical (unpaired) electrons. The number of nitrogens with one attached hydrogen (secondary N) is 1. The fraction of sp³-hybridized carbons (Fsp3) is 0.440. The Morgan fingerprint density at radius 3 is 2.43 bits per heavy atom. The quantitative estimate of drug-likeness (QED) is 0.612. The zero-order chi connectivity index (χ0) is 21.7. The second kappa shape index (κ2) is 10.3. The summed E-state index contributed by atoms with van der Waals surface area (Å²) in [6.07, 6.45) is 4.68. The van der Waals surface area contributed by atoms with Crippen LogP contribution in [0.4, 0.5) is 0 Å². The van der Waals surface area contributed by atoms with Gasteiger partial charge in [0.2, 0.25) is 11.8 Å². The van der Waals surface area contributed by atoms with E-state index in [1.807, 2.05) is 51.1 Å². The first-order chi connectivity index (χ1) is 14.3. The Hall–Kier alpha value is -2.14. The van der Waals surface area contributed by atoms with E-state index < -0.39 is 6.04 Å². The molecule has 0 saturated heterocycles. The monoisotopic (exact) mass is 470 g/mol. The zero-order valence-corrected chi connectivity index (χ0v) is 19.7. The Morgan fingerprint density at radius 1 is 1.10 bits per heavy atom. The normalized spacial score (nSPS) is 15.1. The van der Waals surface area contributed by atoms with Gasteiger partial charge in [-0.05, 0) is 62.4 Å². The van der Waals surface area contributed by atoms with E-state index in [1.54, 1.807) is 4.90 Å². The van der Waals surface area contributed by atoms with E-state index in [4.69, 9.17) is 0 Å². The van der Waals surface area contributed by atoms with Crippen LogP contribution in [0.1, 0.15) is 54.9 Å². The second-order valence-electron chi connectivity index (χ2n) is 8.42. The molecule has 1 atom stereocenters. The Balaban J connectivity index is 1.79. The molecule has 0 unspecified atom stereocenters. The van der Waals surface area contributed by atoms with Gasteiger partial charge in [0.25, 0.3) is 0 Å². The Kier molecular flexibility index (Phi) is 7.70. The number of amides is 2. The SMILES string of the molecule is Cc1ccc(C)c(CC(=O)N(Cc2ccc(Br)cc2)[C@@H](C)C(=O)NC2CCCC2)c1. The first-order valence-electron chi connectivity index (χ1n) is 10.7. The summed E-state index contributed by atoms with van der Waals surface area (Å²) in [4.78, 5) is 28.0. The Labute approximate surface area is 188 Å². The number of halogens is 1. The fourth-order valence-corrected chi connectivity index (χ4v) is 4.28. The molecule has 1 aliphatic rings. The van der Waals surface area contributed by atoms with Crippen LogP contribution in [-0.4, -0.2) is 28.8 Å². The van der Waals surface area contributed by atoms with Crippen molar-refractivity contribution in [2.24, 2.45) is 0 Å². The molecule has 3 rings (SSSR count). The summed E-state index contributed by atoms with van der Waals surface area (Å²) >= 11 is 3.46. The predicted molar refractivity (Wildman–Crippen MR) is 124 cm³/mol. The molecule has 1 N–H and O–H groups in total. The number of benzene rings is 2. The summed E-state index contributed by atoms with van der Waals surface area (Å²) in [6, 6.07) is 13.8. The number of nitrogens with zero attached hydrogens (tertiary/aromatic N) is 1. The summed E-state index contributed by atoms with van der Waals surface area (Å²) in [7, 11) is 0. The van der Waals surface area contributed by atoms with Crippen molar-refractivity contribution in [3.05, 3.63) is 69.2 Å². The first kappa shape index (κ1) is 22.5. The van der Waals surface area contributed by atoms with Crippen molar-refractivity contribution in [3.8, 4) is 0 Å². The van der Waals surface area contributed by atoms with Crippen molar-refractivity contribution in [1.82, 2.24) is 10.2 Å². The summed E-state index contributed by atoms with van der Waals surface area (Å²) < 4.78 is 0.992. The summed E-state index contributed by atoms with van der Waals surface area (Å²) in [5, 5.41) is 3.15. The minimum absolute atomic E-state index is 0.0271. The maximum absolute atomic E-state index is 13.4. The highest BCUT2D eigenvalue weighted by atomic mass is 79.9. The highest BCUT2D eigenvalue weighted by Crippen LogP contribution is 2.20. The third-order valence-corrected chi connectivity index (χ3v) is 6.51. The predicted octanol–water partition coefficient (Wildman–Crippen LogP) is 5.08. The van der Waals surface area contributed by atoms with Crippen LogP contribution < -0.4 is 5.32 Å². The van der Waals surface area contributed by atoms with Crippen LogP contribution in [0, 0.1) is 13.8 Å². The molecule has 5 heteroatoms. The van der Waals surface area contributed by atoms with Gasteiger partial charge in [-0.2, -0.15) is 0 Å². The van der Waals surface area contributed by atoms with Crippen molar-refractivity contribution in [3.63, 3.8) is 0 Å². The van der Waals surface area contributed by atoms with Crippen molar-refractivity contribution in [2.45, 2.75) is 71.5 Å². The van der Waals surface area contributed by atoms with E-state index >= 15 is 0 Å². The lowest BCUT2D eigenvalue weighted by molar-refractivity contribution is -0.140. The van der Waals surface area contributed by atoms with Gasteiger partial charge < -0.3 is 10.2 Å². The average molecular weight is 471 g/mol. The lowest BCUT2D eigenvalue weighted by Gasteiger charge is -2.30. The van der Waals surface area contributed by atoms with Crippen molar-refractivity contribution in [2.75, 3.05) is 0 Å². The number of rotatable bonds is 7. The Bertz CT molecular complexity index is 889. The molecule has 1 aliphatic carbocycles. The molecule has 0 aliphatic heterocycles. The topological polar surface area (TPSA) is 49.4 Å². The van der Waals surface area contributed by atoms with Crippen LogP contribution in [0.5, 0.6) is 0 Å². The molecule has 2 aromatic carbocycles. The lowest BCUT2D eigenvalue weighted by atomic mass is 10.0. The number of carbonyl (C=O) groups excluding carboxylic acids is 2. The molecule has 2 aromatic rings. The minimum Gasteiger partial charge on any atom is -0.352 e. The molecule has 1 saturated carbocycles. The van der Waals surface area contributed by atoms with E-state index in [0.717, 1.165) is 52.4 Å². The van der Waals surface area contributed by atoms with Crippen LogP contribution in [0.2, 0.25) is 0 Å². The van der Waals surface area contributed by atoms with E-state index in [2.05, 4.69) is 33.4 Å². The van der Waals surface area contributed by atoms with Gasteiger partial charge in [0, 0.05) is 17.1 Å². The fourth-order valence-electron chi connectivity index (χ4n) is 4.02.